The van der Waals surface area contributed by atoms with Crippen molar-refractivity contribution < 1.29 is 37.5 Å². The number of nitrogens with two attached hydrogens (primary N) is 1. The Labute approximate surface area is 206 Å². The zero-order valence-corrected chi connectivity index (χ0v) is 21.7. The van der Waals surface area contributed by atoms with Gasteiger partial charge in [-0.15, -0.1) is 0 Å². The topological polar surface area (TPSA) is 170 Å². The highest BCUT2D eigenvalue weighted by atomic mass is 32.2. The van der Waals surface area contributed by atoms with Crippen molar-refractivity contribution in [2.24, 2.45) is 11.3 Å². The molecule has 15 heteroatoms. The molecule has 4 heterocycles. The number of carbonyl (C=O) groups excluding carboxylic acids is 1. The van der Waals surface area contributed by atoms with Crippen molar-refractivity contribution in [3.8, 4) is 5.88 Å². The number of nitrogens with zero attached hydrogens (tertiary/aromatic N) is 4. The lowest BCUT2D eigenvalue weighted by molar-refractivity contribution is -0.119. The summed E-state index contributed by atoms with van der Waals surface area (Å²) >= 11 is 0.997. The number of fused-ring (bicyclic) bond motifs is 2. The average molecular weight is 532 g/mol. The van der Waals surface area contributed by atoms with E-state index in [1.165, 1.54) is 0 Å². The maximum absolute atomic E-state index is 13.1. The molecule has 1 unspecified atom stereocenters. The number of carbonyl (C=O) groups is 1. The predicted molar refractivity (Wildman–Crippen MR) is 127 cm³/mol. The molecule has 2 fully saturated rings. The Morgan fingerprint density at radius 1 is 1.43 bits per heavy atom. The minimum Gasteiger partial charge on any atom is -0.476 e. The number of aliphatic hydroxyl groups is 1. The number of aliphatic hydroxyl groups excluding tert-OH is 1. The molecule has 2 saturated heterocycles. The standard InChI is InChI=1S/C20H30N5O8PS/c1-5-29-16-13-15(23-19(21)24-16)25(10-22-13)17-11(2)14-12(32-17)8-31-34(28,33-14)30-6-7-35-18(27)20(3,4)9-26/h10-12,14,17,26H,5-9H2,1-4H3,(H2,21,23,24)/t11-,12+,14-,17+,34?/m0/s1. The van der Waals surface area contributed by atoms with Crippen LogP contribution in [-0.2, 0) is 27.7 Å². The second kappa shape index (κ2) is 10.3. The molecule has 5 atom stereocenters. The molecule has 2 aromatic heterocycles. The van der Waals surface area contributed by atoms with Crippen molar-refractivity contribution in [2.45, 2.75) is 46.1 Å². The Kier molecular flexibility index (Phi) is 7.72. The van der Waals surface area contributed by atoms with Crippen LogP contribution in [0.1, 0.15) is 33.9 Å². The zero-order chi connectivity index (χ0) is 25.4. The molecular weight excluding hydrogens is 501 g/mol. The normalized spacial score (nSPS) is 28.8. The molecule has 0 radical (unpaired) electrons. The molecule has 0 aromatic carbocycles. The Morgan fingerprint density at radius 3 is 2.91 bits per heavy atom. The predicted octanol–water partition coefficient (Wildman–Crippen LogP) is 2.16. The lowest BCUT2D eigenvalue weighted by Crippen LogP contribution is -2.36. The van der Waals surface area contributed by atoms with Crippen LogP contribution >= 0.6 is 19.6 Å². The maximum atomic E-state index is 13.1. The SMILES string of the molecule is CCOc1nc(N)nc2c1ncn2[C@@H]1O[C@@H]2COP(=O)(OCCSC(=O)C(C)(C)CO)O[C@H]2[C@@H]1C. The molecule has 0 spiro atoms. The van der Waals surface area contributed by atoms with Crippen LogP contribution in [0.2, 0.25) is 0 Å². The number of phosphoric ester groups is 1. The van der Waals surface area contributed by atoms with Crippen LogP contribution in [0.5, 0.6) is 5.88 Å². The third-order valence-electron chi connectivity index (χ3n) is 5.77. The van der Waals surface area contributed by atoms with Crippen LogP contribution in [0.25, 0.3) is 11.2 Å². The molecule has 35 heavy (non-hydrogen) atoms. The summed E-state index contributed by atoms with van der Waals surface area (Å²) in [4.78, 5) is 24.9. The molecule has 0 amide bonds. The first-order valence-corrected chi connectivity index (χ1v) is 13.7. The summed E-state index contributed by atoms with van der Waals surface area (Å²) in [6.45, 7) is 7.16. The summed E-state index contributed by atoms with van der Waals surface area (Å²) in [6, 6.07) is 0. The van der Waals surface area contributed by atoms with Crippen LogP contribution in [-0.4, -0.2) is 74.1 Å². The largest absolute Gasteiger partial charge is 0.476 e. The Bertz CT molecular complexity index is 1130. The first-order chi connectivity index (χ1) is 16.6. The number of ether oxygens (including phenoxy) is 2. The van der Waals surface area contributed by atoms with Gasteiger partial charge in [-0.25, -0.2) is 9.55 Å². The summed E-state index contributed by atoms with van der Waals surface area (Å²) in [6.07, 6.45) is -0.0169. The number of nitrogen functional groups attached to an aromatic ring is 1. The third-order valence-corrected chi connectivity index (χ3v) is 8.42. The number of aromatic nitrogens is 4. The van der Waals surface area contributed by atoms with Crippen molar-refractivity contribution in [3.05, 3.63) is 6.33 Å². The van der Waals surface area contributed by atoms with E-state index in [9.17, 15) is 14.5 Å². The van der Waals surface area contributed by atoms with Crippen molar-refractivity contribution in [2.75, 3.05) is 37.9 Å². The van der Waals surface area contributed by atoms with Crippen molar-refractivity contribution in [1.29, 1.82) is 0 Å². The fourth-order valence-electron chi connectivity index (χ4n) is 3.78. The van der Waals surface area contributed by atoms with E-state index in [0.717, 1.165) is 11.8 Å². The van der Waals surface area contributed by atoms with Gasteiger partial charge in [-0.3, -0.25) is 22.9 Å². The number of hydrogen-bond donors (Lipinski definition) is 2. The Balaban J connectivity index is 1.42. The minimum absolute atomic E-state index is 0.0142. The number of thioether (sulfide) groups is 1. The minimum atomic E-state index is -3.85. The van der Waals surface area contributed by atoms with Gasteiger partial charge in [-0.1, -0.05) is 18.7 Å². The molecule has 0 aliphatic carbocycles. The van der Waals surface area contributed by atoms with Gasteiger partial charge in [0.15, 0.2) is 16.3 Å². The van der Waals surface area contributed by atoms with E-state index in [1.807, 2.05) is 13.8 Å². The van der Waals surface area contributed by atoms with E-state index in [-0.39, 0.29) is 48.4 Å². The van der Waals surface area contributed by atoms with Crippen molar-refractivity contribution in [1.82, 2.24) is 19.5 Å². The van der Waals surface area contributed by atoms with Crippen LogP contribution in [0.4, 0.5) is 5.95 Å². The highest BCUT2D eigenvalue weighted by molar-refractivity contribution is 8.13. The molecule has 13 nitrogen and oxygen atoms in total. The fourth-order valence-corrected chi connectivity index (χ4v) is 6.18. The van der Waals surface area contributed by atoms with Crippen molar-refractivity contribution >= 4 is 41.8 Å². The second-order valence-electron chi connectivity index (χ2n) is 8.89. The maximum Gasteiger partial charge on any atom is 0.475 e. The molecular formula is C20H30N5O8PS. The lowest BCUT2D eigenvalue weighted by atomic mass is 9.97. The molecule has 2 aliphatic heterocycles. The van der Waals surface area contributed by atoms with E-state index in [1.54, 1.807) is 24.7 Å². The van der Waals surface area contributed by atoms with Gasteiger partial charge in [-0.05, 0) is 20.8 Å². The molecule has 4 rings (SSSR count). The molecule has 3 N–H and O–H groups in total. The van der Waals surface area contributed by atoms with Crippen molar-refractivity contribution in [3.63, 3.8) is 0 Å². The van der Waals surface area contributed by atoms with E-state index in [0.29, 0.717) is 17.8 Å². The molecule has 2 aromatic rings. The van der Waals surface area contributed by atoms with Crippen LogP contribution in [0, 0.1) is 11.3 Å². The van der Waals surface area contributed by atoms with Crippen LogP contribution in [0.15, 0.2) is 6.33 Å². The summed E-state index contributed by atoms with van der Waals surface area (Å²) < 4.78 is 43.1. The molecule has 0 saturated carbocycles. The van der Waals surface area contributed by atoms with Gasteiger partial charge >= 0.3 is 7.82 Å². The highest BCUT2D eigenvalue weighted by Gasteiger charge is 2.52. The van der Waals surface area contributed by atoms with E-state index < -0.39 is 31.7 Å². The van der Waals surface area contributed by atoms with Gasteiger partial charge in [0.1, 0.15) is 18.4 Å². The van der Waals surface area contributed by atoms with E-state index >= 15 is 0 Å². The monoisotopic (exact) mass is 531 g/mol. The quantitative estimate of drug-likeness (QED) is 0.357. The molecule has 0 bridgehead atoms. The third kappa shape index (κ3) is 5.33. The Morgan fingerprint density at radius 2 is 2.20 bits per heavy atom. The van der Waals surface area contributed by atoms with Crippen LogP contribution < -0.4 is 10.5 Å². The van der Waals surface area contributed by atoms with Gasteiger partial charge in [-0.2, -0.15) is 9.97 Å². The first-order valence-electron chi connectivity index (χ1n) is 11.2. The van der Waals surface area contributed by atoms with Gasteiger partial charge in [0.05, 0.1) is 38.2 Å². The lowest BCUT2D eigenvalue weighted by Gasteiger charge is -2.31. The molecule has 194 valence electrons. The number of rotatable bonds is 9. The van der Waals surface area contributed by atoms with Gasteiger partial charge in [0, 0.05) is 11.7 Å². The van der Waals surface area contributed by atoms with E-state index in [4.69, 9.17) is 28.8 Å². The highest BCUT2D eigenvalue weighted by Crippen LogP contribution is 2.58. The summed E-state index contributed by atoms with van der Waals surface area (Å²) in [5, 5.41) is 9.11. The summed E-state index contributed by atoms with van der Waals surface area (Å²) in [5.74, 6) is 0.313. The molecule has 2 aliphatic rings. The smallest absolute Gasteiger partial charge is 0.475 e. The van der Waals surface area contributed by atoms with Gasteiger partial charge in [0.2, 0.25) is 11.8 Å². The summed E-state index contributed by atoms with van der Waals surface area (Å²) in [7, 11) is -3.85. The number of anilines is 1. The number of phosphoric acid groups is 1. The fraction of sp³-hybridized carbons (Fsp3) is 0.700. The zero-order valence-electron chi connectivity index (χ0n) is 19.9. The van der Waals surface area contributed by atoms with Crippen LogP contribution in [0.3, 0.4) is 0 Å². The first kappa shape index (κ1) is 26.3. The van der Waals surface area contributed by atoms with Gasteiger partial charge in [0.25, 0.3) is 0 Å². The summed E-state index contributed by atoms with van der Waals surface area (Å²) in [5.41, 5.74) is 5.90. The number of hydrogen-bond acceptors (Lipinski definition) is 13. The van der Waals surface area contributed by atoms with Gasteiger partial charge < -0.3 is 20.3 Å². The number of imidazole rings is 1. The average Bonchev–Trinajstić information content (AvgIpc) is 3.37. The Hall–Kier alpha value is -1.80. The van der Waals surface area contributed by atoms with E-state index in [2.05, 4.69) is 15.0 Å². The second-order valence-corrected chi connectivity index (χ2v) is 11.6.